The van der Waals surface area contributed by atoms with Crippen LogP contribution >= 0.6 is 0 Å². The van der Waals surface area contributed by atoms with E-state index in [4.69, 9.17) is 15.0 Å². The molecule has 1 aliphatic rings. The number of rotatable bonds is 5. The standard InChI is InChI=1S/C14H26N4O3/c1-14(2,3)17-13(19)21-12(9-16-18-15)8-11-6-4-5-7-20-10-11/h11-12H,4-10H2,1-3H3,(H,17,19)/t11-,12-/m0/s1. The van der Waals surface area contributed by atoms with Gasteiger partial charge in [0.05, 0.1) is 6.54 Å². The highest BCUT2D eigenvalue weighted by molar-refractivity contribution is 5.68. The fourth-order valence-corrected chi connectivity index (χ4v) is 2.30. The first-order valence-electron chi connectivity index (χ1n) is 7.48. The average Bonchev–Trinajstić information content (AvgIpc) is 2.62. The minimum atomic E-state index is -0.477. The van der Waals surface area contributed by atoms with Gasteiger partial charge in [0, 0.05) is 23.7 Å². The number of carbonyl (C=O) groups is 1. The zero-order chi connectivity index (χ0) is 15.7. The van der Waals surface area contributed by atoms with Gasteiger partial charge >= 0.3 is 6.09 Å². The van der Waals surface area contributed by atoms with Crippen molar-refractivity contribution in [1.29, 1.82) is 0 Å². The highest BCUT2D eigenvalue weighted by Gasteiger charge is 2.23. The molecule has 1 aliphatic heterocycles. The lowest BCUT2D eigenvalue weighted by molar-refractivity contribution is 0.0592. The Morgan fingerprint density at radius 3 is 2.95 bits per heavy atom. The van der Waals surface area contributed by atoms with Gasteiger partial charge in [-0.1, -0.05) is 11.5 Å². The van der Waals surface area contributed by atoms with E-state index in [1.54, 1.807) is 0 Å². The van der Waals surface area contributed by atoms with Gasteiger partial charge in [-0.25, -0.2) is 4.79 Å². The minimum absolute atomic E-state index is 0.157. The predicted octanol–water partition coefficient (Wildman–Crippen LogP) is 3.40. The molecule has 1 heterocycles. The minimum Gasteiger partial charge on any atom is -0.446 e. The zero-order valence-electron chi connectivity index (χ0n) is 13.2. The van der Waals surface area contributed by atoms with E-state index in [0.717, 1.165) is 25.9 Å². The number of carbonyl (C=O) groups excluding carboxylic acids is 1. The van der Waals surface area contributed by atoms with Crippen molar-refractivity contribution in [3.8, 4) is 0 Å². The van der Waals surface area contributed by atoms with E-state index >= 15 is 0 Å². The first-order chi connectivity index (χ1) is 9.90. The molecule has 21 heavy (non-hydrogen) atoms. The van der Waals surface area contributed by atoms with Gasteiger partial charge in [0.25, 0.3) is 0 Å². The molecule has 1 N–H and O–H groups in total. The fourth-order valence-electron chi connectivity index (χ4n) is 2.30. The quantitative estimate of drug-likeness (QED) is 0.478. The lowest BCUT2D eigenvalue weighted by Crippen LogP contribution is -2.43. The van der Waals surface area contributed by atoms with E-state index in [9.17, 15) is 4.79 Å². The second kappa shape index (κ2) is 8.74. The van der Waals surface area contributed by atoms with Gasteiger partial charge < -0.3 is 14.8 Å². The highest BCUT2D eigenvalue weighted by atomic mass is 16.6. The Morgan fingerprint density at radius 2 is 2.29 bits per heavy atom. The summed E-state index contributed by atoms with van der Waals surface area (Å²) in [4.78, 5) is 14.6. The molecule has 1 rings (SSSR count). The Morgan fingerprint density at radius 1 is 1.52 bits per heavy atom. The number of hydrogen-bond donors (Lipinski definition) is 1. The van der Waals surface area contributed by atoms with E-state index in [1.807, 2.05) is 20.8 Å². The summed E-state index contributed by atoms with van der Waals surface area (Å²) in [6, 6.07) is 0. The maximum Gasteiger partial charge on any atom is 0.407 e. The van der Waals surface area contributed by atoms with Crippen molar-refractivity contribution in [1.82, 2.24) is 5.32 Å². The molecule has 0 aromatic heterocycles. The number of nitrogens with one attached hydrogen (secondary N) is 1. The fraction of sp³-hybridized carbons (Fsp3) is 0.929. The lowest BCUT2D eigenvalue weighted by atomic mass is 9.97. The summed E-state index contributed by atoms with van der Waals surface area (Å²) in [5.41, 5.74) is 8.11. The van der Waals surface area contributed by atoms with E-state index in [-0.39, 0.29) is 12.1 Å². The molecule has 0 spiro atoms. The zero-order valence-corrected chi connectivity index (χ0v) is 13.2. The summed E-state index contributed by atoms with van der Waals surface area (Å²) in [7, 11) is 0. The molecule has 2 atom stereocenters. The summed E-state index contributed by atoms with van der Waals surface area (Å²) in [5.74, 6) is 0.342. The van der Waals surface area contributed by atoms with Gasteiger partial charge in [0.1, 0.15) is 6.10 Å². The van der Waals surface area contributed by atoms with Crippen LogP contribution in [0.4, 0.5) is 4.79 Å². The lowest BCUT2D eigenvalue weighted by Gasteiger charge is -2.25. The van der Waals surface area contributed by atoms with Crippen molar-refractivity contribution < 1.29 is 14.3 Å². The molecule has 1 fully saturated rings. The molecule has 0 radical (unpaired) electrons. The Bertz CT molecular complexity index is 367. The largest absolute Gasteiger partial charge is 0.446 e. The van der Waals surface area contributed by atoms with Gasteiger partial charge in [-0.15, -0.1) is 0 Å². The number of ether oxygens (including phenoxy) is 2. The van der Waals surface area contributed by atoms with Crippen molar-refractivity contribution in [2.45, 2.75) is 58.1 Å². The van der Waals surface area contributed by atoms with Gasteiger partial charge in [-0.05, 0) is 51.5 Å². The molecule has 7 heteroatoms. The van der Waals surface area contributed by atoms with Crippen LogP contribution in [-0.2, 0) is 9.47 Å². The Kier molecular flexibility index (Phi) is 7.32. The van der Waals surface area contributed by atoms with Crippen molar-refractivity contribution in [2.75, 3.05) is 19.8 Å². The summed E-state index contributed by atoms with van der Waals surface area (Å²) in [6.45, 7) is 7.28. The number of hydrogen-bond acceptors (Lipinski definition) is 4. The topological polar surface area (TPSA) is 96.3 Å². The van der Waals surface area contributed by atoms with Crippen LogP contribution in [0.1, 0.15) is 46.5 Å². The van der Waals surface area contributed by atoms with Crippen LogP contribution in [-0.4, -0.2) is 37.5 Å². The second-order valence-corrected chi connectivity index (χ2v) is 6.49. The third-order valence-electron chi connectivity index (χ3n) is 3.20. The van der Waals surface area contributed by atoms with Crippen molar-refractivity contribution in [3.05, 3.63) is 10.4 Å². The van der Waals surface area contributed by atoms with Crippen LogP contribution in [0.3, 0.4) is 0 Å². The maximum absolute atomic E-state index is 11.8. The van der Waals surface area contributed by atoms with Crippen LogP contribution in [0.5, 0.6) is 0 Å². The van der Waals surface area contributed by atoms with Crippen LogP contribution < -0.4 is 5.32 Å². The molecule has 120 valence electrons. The predicted molar refractivity (Wildman–Crippen MR) is 79.9 cm³/mol. The first kappa shape index (κ1) is 17.6. The molecule has 0 unspecified atom stereocenters. The van der Waals surface area contributed by atoms with Crippen molar-refractivity contribution >= 4 is 6.09 Å². The van der Waals surface area contributed by atoms with Crippen LogP contribution in [0.25, 0.3) is 10.4 Å². The van der Waals surface area contributed by atoms with Gasteiger partial charge in [-0.3, -0.25) is 0 Å². The molecule has 0 saturated carbocycles. The van der Waals surface area contributed by atoms with Gasteiger partial charge in [0.2, 0.25) is 0 Å². The van der Waals surface area contributed by atoms with Gasteiger partial charge in [-0.2, -0.15) is 0 Å². The summed E-state index contributed by atoms with van der Waals surface area (Å²) < 4.78 is 10.9. The van der Waals surface area contributed by atoms with E-state index in [2.05, 4.69) is 15.3 Å². The average molecular weight is 298 g/mol. The third kappa shape index (κ3) is 8.42. The smallest absolute Gasteiger partial charge is 0.407 e. The molecule has 0 bridgehead atoms. The summed E-state index contributed by atoms with van der Waals surface area (Å²) >= 11 is 0. The molecular formula is C14H26N4O3. The maximum atomic E-state index is 11.8. The van der Waals surface area contributed by atoms with E-state index in [1.165, 1.54) is 0 Å². The molecule has 0 aliphatic carbocycles. The normalized spacial score (nSPS) is 20.8. The van der Waals surface area contributed by atoms with Crippen LogP contribution in [0.2, 0.25) is 0 Å². The Balaban J connectivity index is 2.53. The number of nitrogens with zero attached hydrogens (tertiary/aromatic N) is 3. The van der Waals surface area contributed by atoms with Crippen LogP contribution in [0.15, 0.2) is 5.11 Å². The van der Waals surface area contributed by atoms with Crippen LogP contribution in [0, 0.1) is 5.92 Å². The SMILES string of the molecule is CC(C)(C)NC(=O)O[C@H](CN=[N+]=[N-])C[C@@H]1CCCCOC1. The molecule has 1 amide bonds. The summed E-state index contributed by atoms with van der Waals surface area (Å²) in [6.07, 6.45) is 3.02. The van der Waals surface area contributed by atoms with Crippen molar-refractivity contribution in [2.24, 2.45) is 11.0 Å². The number of alkyl carbamates (subject to hydrolysis) is 1. The highest BCUT2D eigenvalue weighted by Crippen LogP contribution is 2.21. The first-order valence-corrected chi connectivity index (χ1v) is 7.48. The monoisotopic (exact) mass is 298 g/mol. The molecule has 0 aromatic rings. The molecule has 7 nitrogen and oxygen atoms in total. The second-order valence-electron chi connectivity index (χ2n) is 6.49. The Labute approximate surface area is 126 Å². The molecule has 1 saturated heterocycles. The molecular weight excluding hydrogens is 272 g/mol. The molecule has 0 aromatic carbocycles. The third-order valence-corrected chi connectivity index (χ3v) is 3.20. The number of azide groups is 1. The summed E-state index contributed by atoms with van der Waals surface area (Å²) in [5, 5.41) is 6.29. The van der Waals surface area contributed by atoms with Crippen molar-refractivity contribution in [3.63, 3.8) is 0 Å². The van der Waals surface area contributed by atoms with Gasteiger partial charge in [0.15, 0.2) is 0 Å². The van der Waals surface area contributed by atoms with E-state index < -0.39 is 12.2 Å². The Hall–Kier alpha value is -1.46. The number of amides is 1. The van der Waals surface area contributed by atoms with E-state index in [0.29, 0.717) is 18.9 Å².